The molecule has 1 aliphatic heterocycles. The van der Waals surface area contributed by atoms with Gasteiger partial charge in [0.1, 0.15) is 5.82 Å². The second-order valence-electron chi connectivity index (χ2n) is 5.80. The molecule has 1 unspecified atom stereocenters. The van der Waals surface area contributed by atoms with Gasteiger partial charge in [-0.25, -0.2) is 4.39 Å². The van der Waals surface area contributed by atoms with E-state index in [1.54, 1.807) is 4.90 Å². The molecule has 2 rings (SSSR count). The molecule has 1 heterocycles. The van der Waals surface area contributed by atoms with Crippen molar-refractivity contribution >= 4 is 5.91 Å². The first-order valence-corrected chi connectivity index (χ1v) is 7.05. The smallest absolute Gasteiger partial charge is 0.353 e. The Kier molecular flexibility index (Phi) is 4.75. The van der Waals surface area contributed by atoms with Crippen molar-refractivity contribution in [1.29, 1.82) is 0 Å². The Morgan fingerprint density at radius 1 is 1.36 bits per heavy atom. The molecular weight excluding hydrogens is 300 g/mol. The van der Waals surface area contributed by atoms with E-state index in [0.29, 0.717) is 6.54 Å². The quantitative estimate of drug-likeness (QED) is 0.869. The average molecular weight is 318 g/mol. The third-order valence-electron chi connectivity index (χ3n) is 3.85. The molecule has 1 saturated heterocycles. The Balaban J connectivity index is 2.27. The largest absolute Gasteiger partial charge is 0.419 e. The summed E-state index contributed by atoms with van der Waals surface area (Å²) in [5.41, 5.74) is -1.32. The predicted octanol–water partition coefficient (Wildman–Crippen LogP) is 2.80. The molecule has 22 heavy (non-hydrogen) atoms. The zero-order valence-corrected chi connectivity index (χ0v) is 12.4. The van der Waals surface area contributed by atoms with E-state index >= 15 is 0 Å². The molecule has 1 N–H and O–H groups in total. The van der Waals surface area contributed by atoms with Crippen LogP contribution in [0.4, 0.5) is 17.6 Å². The van der Waals surface area contributed by atoms with Crippen LogP contribution in [-0.4, -0.2) is 29.9 Å². The van der Waals surface area contributed by atoms with Gasteiger partial charge in [-0.1, -0.05) is 26.0 Å². The standard InChI is InChI=1S/C15H18F4N2O/c1-9(2)12-6-20-13(22)8-21(12)7-10-4-3-5-11(14(10)16)15(17,18)19/h3-5,9,12H,6-8H2,1-2H3,(H,20,22). The van der Waals surface area contributed by atoms with Crippen LogP contribution in [0, 0.1) is 11.7 Å². The molecule has 0 spiro atoms. The van der Waals surface area contributed by atoms with Crippen molar-refractivity contribution in [2.45, 2.75) is 32.6 Å². The van der Waals surface area contributed by atoms with Crippen LogP contribution >= 0.6 is 0 Å². The highest BCUT2D eigenvalue weighted by Gasteiger charge is 2.36. The van der Waals surface area contributed by atoms with Gasteiger partial charge in [-0.05, 0) is 12.0 Å². The van der Waals surface area contributed by atoms with Crippen LogP contribution in [0.1, 0.15) is 25.0 Å². The van der Waals surface area contributed by atoms with Crippen molar-refractivity contribution in [3.63, 3.8) is 0 Å². The summed E-state index contributed by atoms with van der Waals surface area (Å²) in [5.74, 6) is -1.28. The van der Waals surface area contributed by atoms with Crippen molar-refractivity contribution in [2.24, 2.45) is 5.92 Å². The summed E-state index contributed by atoms with van der Waals surface area (Å²) in [6.45, 7) is 4.36. The summed E-state index contributed by atoms with van der Waals surface area (Å²) < 4.78 is 52.4. The molecule has 0 radical (unpaired) electrons. The van der Waals surface area contributed by atoms with Gasteiger partial charge < -0.3 is 5.32 Å². The molecule has 1 aliphatic rings. The van der Waals surface area contributed by atoms with Crippen molar-refractivity contribution in [2.75, 3.05) is 13.1 Å². The summed E-state index contributed by atoms with van der Waals surface area (Å²) in [5, 5.41) is 2.73. The summed E-state index contributed by atoms with van der Waals surface area (Å²) in [6, 6.07) is 3.21. The van der Waals surface area contributed by atoms with Gasteiger partial charge in [0.2, 0.25) is 5.91 Å². The summed E-state index contributed by atoms with van der Waals surface area (Å²) in [6.07, 6.45) is -4.73. The highest BCUT2D eigenvalue weighted by Crippen LogP contribution is 2.33. The molecular formula is C15H18F4N2O. The lowest BCUT2D eigenvalue weighted by Crippen LogP contribution is -2.55. The highest BCUT2D eigenvalue weighted by molar-refractivity contribution is 5.78. The molecule has 7 heteroatoms. The van der Waals surface area contributed by atoms with E-state index in [1.165, 1.54) is 12.1 Å². The van der Waals surface area contributed by atoms with Crippen molar-refractivity contribution < 1.29 is 22.4 Å². The van der Waals surface area contributed by atoms with Crippen LogP contribution in [0.2, 0.25) is 0 Å². The predicted molar refractivity (Wildman–Crippen MR) is 73.4 cm³/mol. The lowest BCUT2D eigenvalue weighted by molar-refractivity contribution is -0.140. The molecule has 0 aliphatic carbocycles. The molecule has 1 fully saturated rings. The molecule has 0 aromatic heterocycles. The Morgan fingerprint density at radius 3 is 2.64 bits per heavy atom. The maximum absolute atomic E-state index is 14.1. The second kappa shape index (κ2) is 6.24. The van der Waals surface area contributed by atoms with Gasteiger partial charge in [-0.2, -0.15) is 13.2 Å². The molecule has 3 nitrogen and oxygen atoms in total. The summed E-state index contributed by atoms with van der Waals surface area (Å²) in [7, 11) is 0. The molecule has 1 aromatic carbocycles. The molecule has 122 valence electrons. The number of benzene rings is 1. The van der Waals surface area contributed by atoms with E-state index in [9.17, 15) is 22.4 Å². The van der Waals surface area contributed by atoms with Crippen LogP contribution in [0.15, 0.2) is 18.2 Å². The van der Waals surface area contributed by atoms with Crippen LogP contribution in [0.3, 0.4) is 0 Å². The zero-order valence-electron chi connectivity index (χ0n) is 12.4. The first kappa shape index (κ1) is 16.7. The minimum atomic E-state index is -4.73. The van der Waals surface area contributed by atoms with E-state index < -0.39 is 17.6 Å². The van der Waals surface area contributed by atoms with E-state index in [-0.39, 0.29) is 36.5 Å². The van der Waals surface area contributed by atoms with E-state index in [0.717, 1.165) is 6.07 Å². The number of rotatable bonds is 3. The number of hydrogen-bond donors (Lipinski definition) is 1. The van der Waals surface area contributed by atoms with Crippen LogP contribution < -0.4 is 5.32 Å². The normalized spacial score (nSPS) is 20.3. The van der Waals surface area contributed by atoms with Crippen molar-refractivity contribution in [3.05, 3.63) is 35.1 Å². The van der Waals surface area contributed by atoms with Crippen molar-refractivity contribution in [1.82, 2.24) is 10.2 Å². The fourth-order valence-electron chi connectivity index (χ4n) is 2.68. The SMILES string of the molecule is CC(C)C1CNC(=O)CN1Cc1cccc(C(F)(F)F)c1F. The molecule has 0 bridgehead atoms. The molecule has 1 aromatic rings. The van der Waals surface area contributed by atoms with Gasteiger partial charge in [-0.3, -0.25) is 9.69 Å². The topological polar surface area (TPSA) is 32.3 Å². The lowest BCUT2D eigenvalue weighted by atomic mass is 9.99. The summed E-state index contributed by atoms with van der Waals surface area (Å²) >= 11 is 0. The fourth-order valence-corrected chi connectivity index (χ4v) is 2.68. The van der Waals surface area contributed by atoms with Gasteiger partial charge in [-0.15, -0.1) is 0 Å². The van der Waals surface area contributed by atoms with Gasteiger partial charge in [0.25, 0.3) is 0 Å². The third kappa shape index (κ3) is 3.58. The number of carbonyl (C=O) groups excluding carboxylic acids is 1. The Morgan fingerprint density at radius 2 is 2.05 bits per heavy atom. The second-order valence-corrected chi connectivity index (χ2v) is 5.80. The number of halogens is 4. The Bertz CT molecular complexity index is 557. The molecule has 1 amide bonds. The van der Waals surface area contributed by atoms with Crippen molar-refractivity contribution in [3.8, 4) is 0 Å². The van der Waals surface area contributed by atoms with Gasteiger partial charge in [0.15, 0.2) is 0 Å². The Labute approximate surface area is 126 Å². The fraction of sp³-hybridized carbons (Fsp3) is 0.533. The minimum Gasteiger partial charge on any atom is -0.353 e. The average Bonchev–Trinajstić information content (AvgIpc) is 2.39. The first-order valence-electron chi connectivity index (χ1n) is 7.05. The maximum atomic E-state index is 14.1. The zero-order chi connectivity index (χ0) is 16.5. The summed E-state index contributed by atoms with van der Waals surface area (Å²) in [4.78, 5) is 13.2. The Hall–Kier alpha value is -1.63. The van der Waals surface area contributed by atoms with Crippen LogP contribution in [0.25, 0.3) is 0 Å². The maximum Gasteiger partial charge on any atom is 0.419 e. The monoisotopic (exact) mass is 318 g/mol. The number of piperazine rings is 1. The first-order chi connectivity index (χ1) is 10.2. The van der Waals surface area contributed by atoms with Gasteiger partial charge >= 0.3 is 6.18 Å². The number of carbonyl (C=O) groups is 1. The number of hydrogen-bond acceptors (Lipinski definition) is 2. The van der Waals surface area contributed by atoms with E-state index in [4.69, 9.17) is 0 Å². The van der Waals surface area contributed by atoms with Crippen LogP contribution in [0.5, 0.6) is 0 Å². The molecule has 0 saturated carbocycles. The number of amides is 1. The number of alkyl halides is 3. The van der Waals surface area contributed by atoms with Crippen LogP contribution in [-0.2, 0) is 17.5 Å². The third-order valence-corrected chi connectivity index (χ3v) is 3.85. The minimum absolute atomic E-state index is 0.0218. The number of nitrogens with zero attached hydrogens (tertiary/aromatic N) is 1. The number of nitrogens with one attached hydrogen (secondary N) is 1. The van der Waals surface area contributed by atoms with E-state index in [1.807, 2.05) is 13.8 Å². The van der Waals surface area contributed by atoms with Gasteiger partial charge in [0, 0.05) is 24.7 Å². The lowest BCUT2D eigenvalue weighted by Gasteiger charge is -2.38. The van der Waals surface area contributed by atoms with Gasteiger partial charge in [0.05, 0.1) is 12.1 Å². The molecule has 1 atom stereocenters. The highest BCUT2D eigenvalue weighted by atomic mass is 19.4. The van der Waals surface area contributed by atoms with E-state index in [2.05, 4.69) is 5.32 Å².